The second-order valence-electron chi connectivity index (χ2n) is 20.0. The van der Waals surface area contributed by atoms with Crippen LogP contribution in [-0.2, 0) is 47.5 Å². The van der Waals surface area contributed by atoms with Gasteiger partial charge in [-0.25, -0.2) is 0 Å². The van der Waals surface area contributed by atoms with E-state index >= 15 is 0 Å². The summed E-state index contributed by atoms with van der Waals surface area (Å²) in [7, 11) is 10.4. The molecular weight excluding hydrogens is 1120 g/mol. The van der Waals surface area contributed by atoms with Crippen molar-refractivity contribution >= 4 is 54.1 Å². The van der Waals surface area contributed by atoms with E-state index in [1.165, 1.54) is 33.5 Å². The number of carbonyl (C=O) groups excluding carboxylic acids is 2. The van der Waals surface area contributed by atoms with Gasteiger partial charge < -0.3 is 83.0 Å². The van der Waals surface area contributed by atoms with Crippen LogP contribution in [0.2, 0.25) is 0 Å². The molecule has 1 aromatic carbocycles. The monoisotopic (exact) mass is 1200 g/mol. The highest BCUT2D eigenvalue weighted by Gasteiger charge is 2.51. The number of hydrogen-bond acceptors (Lipinski definition) is 25. The first-order chi connectivity index (χ1) is 38.2. The Kier molecular flexibility index (Phi) is 23.6. The molecule has 6 aliphatic rings. The quantitative estimate of drug-likeness (QED) is 0.0401. The maximum absolute atomic E-state index is 14.4. The molecule has 4 fully saturated rings. The molecule has 7 rings (SSSR count). The molecule has 0 saturated carbocycles. The number of methoxy groups -OCH3 is 4. The van der Waals surface area contributed by atoms with Crippen LogP contribution in [0, 0.1) is 37.5 Å². The van der Waals surface area contributed by atoms with Gasteiger partial charge in [0.05, 0.1) is 80.7 Å². The van der Waals surface area contributed by atoms with Crippen LogP contribution in [0.15, 0.2) is 34.9 Å². The number of carbonyl (C=O) groups is 2. The second kappa shape index (κ2) is 29.2. The lowest BCUT2D eigenvalue weighted by molar-refractivity contribution is -0.336. The molecule has 444 valence electrons. The summed E-state index contributed by atoms with van der Waals surface area (Å²) in [5.41, 5.74) is 3.25. The molecule has 2 unspecified atom stereocenters. The van der Waals surface area contributed by atoms with Gasteiger partial charge >= 0.3 is 0 Å². The molecule has 19 atom stereocenters. The zero-order valence-electron chi connectivity index (χ0n) is 47.0. The van der Waals surface area contributed by atoms with Crippen molar-refractivity contribution in [2.75, 3.05) is 53.6 Å². The summed E-state index contributed by atoms with van der Waals surface area (Å²) in [6.07, 6.45) is -9.12. The van der Waals surface area contributed by atoms with Crippen molar-refractivity contribution in [3.05, 3.63) is 51.6 Å². The molecule has 0 spiro atoms. The van der Waals surface area contributed by atoms with Crippen molar-refractivity contribution in [2.24, 2.45) is 0 Å². The van der Waals surface area contributed by atoms with E-state index < -0.39 is 108 Å². The number of hydrogen-bond donors (Lipinski definition) is 7. The van der Waals surface area contributed by atoms with E-state index in [0.29, 0.717) is 40.1 Å². The molecule has 0 amide bonds. The van der Waals surface area contributed by atoms with Crippen molar-refractivity contribution in [1.82, 2.24) is 10.8 Å². The van der Waals surface area contributed by atoms with E-state index in [1.807, 2.05) is 19.3 Å². The highest BCUT2D eigenvalue weighted by atomic mass is 33.5. The summed E-state index contributed by atoms with van der Waals surface area (Å²) < 4.78 is 67.3. The Bertz CT molecular complexity index is 2560. The summed E-state index contributed by atoms with van der Waals surface area (Å²) in [6.45, 7) is 13.0. The fourth-order valence-electron chi connectivity index (χ4n) is 10.6. The number of rotatable bonds is 21. The van der Waals surface area contributed by atoms with Crippen LogP contribution in [0.1, 0.15) is 75.4 Å². The lowest BCUT2D eigenvalue weighted by Gasteiger charge is -2.46. The average Bonchev–Trinajstić information content (AvgIpc) is 3.58. The van der Waals surface area contributed by atoms with Gasteiger partial charge in [0.25, 0.3) is 0 Å². The van der Waals surface area contributed by atoms with Gasteiger partial charge in [0, 0.05) is 44.0 Å². The lowest BCUT2D eigenvalue weighted by atomic mass is 9.74. The predicted molar refractivity (Wildman–Crippen MR) is 302 cm³/mol. The fraction of sp³-hybridized carbons (Fsp3) is 0.673. The zero-order valence-corrected chi connectivity index (χ0v) is 50.2. The smallest absolute Gasteiger partial charge is 0.229 e. The van der Waals surface area contributed by atoms with Crippen LogP contribution >= 0.6 is 43.2 Å². The average molecular weight is 1200 g/mol. The van der Waals surface area contributed by atoms with Gasteiger partial charge in [0.15, 0.2) is 41.8 Å². The highest BCUT2D eigenvalue weighted by molar-refractivity contribution is 9.09. The molecule has 7 N–H and O–H groups in total. The number of hydroxylamine groups is 1. The maximum Gasteiger partial charge on any atom is 0.229 e. The summed E-state index contributed by atoms with van der Waals surface area (Å²) in [5, 5.41) is 60.0. The van der Waals surface area contributed by atoms with Crippen LogP contribution in [0.5, 0.6) is 17.2 Å². The first-order valence-corrected chi connectivity index (χ1v) is 31.3. The highest BCUT2D eigenvalue weighted by Crippen LogP contribution is 2.48. The summed E-state index contributed by atoms with van der Waals surface area (Å²) in [5.74, 6) is 12.2. The van der Waals surface area contributed by atoms with Crippen LogP contribution in [0.4, 0.5) is 0 Å². The number of allylic oxidation sites excluding steroid dienone is 3. The standard InChI is InChI=1S/C55H76N2O19S4/c1-13-56-33-25-69-38(23-37(33)65-8)74-49-44(61)42(29(5)71-54(49)73-36-18-16-14-15-17-20-55(64)24-35(59)28(4)40(36)32(55)19-21-78-80-77-12)57-76-39-22-34(58)51(31(7)70-39)79-52(63)41-26(2)27(3)46(50(68-11)47(41)66-9)75-53-45(62)48(67-10)43(60)30(6)72-53/h14-15,19,29-31,33-34,36-39,42-45,48-49,51,53-54,56-58,60-62,64H,13,21-25H2,1-12H3/b15-14-,32-19+/t29-,30+,31-,33+,34?,36+,37+,38+,39+,42-,43+,44+,45-,48-,49-,51?,53+,54+,55+/m1/s1. The summed E-state index contributed by atoms with van der Waals surface area (Å²) >= 11 is 0.855. The Morgan fingerprint density at radius 1 is 0.850 bits per heavy atom. The summed E-state index contributed by atoms with van der Waals surface area (Å²) in [6, 6.07) is -1.14. The third-order valence-corrected chi connectivity index (χ3v) is 20.1. The zero-order chi connectivity index (χ0) is 58.2. The number of ether oxygens (including phenoxy) is 11. The van der Waals surface area contributed by atoms with E-state index in [-0.39, 0.29) is 66.6 Å². The van der Waals surface area contributed by atoms with E-state index in [1.54, 1.807) is 80.1 Å². The second-order valence-corrected chi connectivity index (χ2v) is 25.5. The van der Waals surface area contributed by atoms with Crippen LogP contribution in [-0.4, -0.2) is 205 Å². The number of fused-ring (bicyclic) bond motifs is 2. The number of aliphatic hydroxyl groups excluding tert-OH is 4. The van der Waals surface area contributed by atoms with Gasteiger partial charge in [-0.2, -0.15) is 5.48 Å². The maximum atomic E-state index is 14.4. The topological polar surface area (TPSA) is 270 Å². The molecule has 2 aliphatic carbocycles. The molecular formula is C55H76N2O19S4. The van der Waals surface area contributed by atoms with Crippen LogP contribution in [0.3, 0.4) is 0 Å². The number of benzene rings is 1. The van der Waals surface area contributed by atoms with Gasteiger partial charge in [0.1, 0.15) is 36.6 Å². The number of nitrogens with one attached hydrogen (secondary N) is 2. The first kappa shape index (κ1) is 64.6. The van der Waals surface area contributed by atoms with Crippen LogP contribution < -0.4 is 25.0 Å². The van der Waals surface area contributed by atoms with Crippen molar-refractivity contribution in [1.29, 1.82) is 0 Å². The minimum absolute atomic E-state index is 0.0497. The molecule has 4 aliphatic heterocycles. The Morgan fingerprint density at radius 2 is 1.57 bits per heavy atom. The van der Waals surface area contributed by atoms with E-state index in [2.05, 4.69) is 34.5 Å². The molecule has 1 aromatic rings. The molecule has 0 radical (unpaired) electrons. The molecule has 4 heterocycles. The van der Waals surface area contributed by atoms with Gasteiger partial charge in [-0.1, -0.05) is 70.0 Å². The van der Waals surface area contributed by atoms with Gasteiger partial charge in [-0.05, 0) is 93.0 Å². The summed E-state index contributed by atoms with van der Waals surface area (Å²) in [4.78, 5) is 34.2. The number of thioether (sulfide) groups is 1. The van der Waals surface area contributed by atoms with E-state index in [9.17, 15) is 35.1 Å². The van der Waals surface area contributed by atoms with Crippen molar-refractivity contribution < 1.29 is 92.1 Å². The Labute approximate surface area is 483 Å². The first-order valence-electron chi connectivity index (χ1n) is 26.4. The minimum atomic E-state index is -1.85. The minimum Gasteiger partial charge on any atom is -0.492 e. The van der Waals surface area contributed by atoms with Crippen molar-refractivity contribution in [3.8, 4) is 40.9 Å². The molecule has 2 bridgehead atoms. The predicted octanol–water partition coefficient (Wildman–Crippen LogP) is 3.61. The van der Waals surface area contributed by atoms with Crippen molar-refractivity contribution in [2.45, 2.75) is 183 Å². The van der Waals surface area contributed by atoms with E-state index in [0.717, 1.165) is 11.8 Å². The third-order valence-electron chi connectivity index (χ3n) is 15.0. The lowest BCUT2D eigenvalue weighted by Crippen LogP contribution is -2.65. The van der Waals surface area contributed by atoms with Gasteiger partial charge in [-0.3, -0.25) is 14.4 Å². The normalized spacial score (nSPS) is 37.3. The number of likely N-dealkylation sites (N-methyl/N-ethyl adjacent to an activating group) is 1. The van der Waals surface area contributed by atoms with E-state index in [4.69, 9.17) is 56.9 Å². The largest absolute Gasteiger partial charge is 0.492 e. The molecule has 4 saturated heterocycles. The third kappa shape index (κ3) is 14.4. The molecule has 0 aromatic heterocycles. The Balaban J connectivity index is 1.09. The number of ketones is 1. The van der Waals surface area contributed by atoms with Crippen molar-refractivity contribution in [3.63, 3.8) is 0 Å². The van der Waals surface area contributed by atoms with Gasteiger partial charge in [0.2, 0.25) is 17.2 Å². The van der Waals surface area contributed by atoms with Gasteiger partial charge in [-0.15, -0.1) is 0 Å². The Morgan fingerprint density at radius 3 is 2.25 bits per heavy atom. The van der Waals surface area contributed by atoms with Crippen LogP contribution in [0.25, 0.3) is 0 Å². The molecule has 80 heavy (non-hydrogen) atoms. The number of Topliss-reactive ketones (excluding diaryl/α,β-unsaturated/α-hetero) is 1. The Hall–Kier alpha value is -2.94. The molecule has 25 heteroatoms. The molecule has 21 nitrogen and oxygen atoms in total. The number of aliphatic hydroxyl groups is 5. The fourth-order valence-corrected chi connectivity index (χ4v) is 14.1. The SMILES string of the molecule is CCN[C@H]1CO[C@@H](O[C@H]2[C@H](O[C@H]3C#C/C=C\C#C[C@]4(O)CC(=O)C(C)=C3/C4=C\CSSSC)O[C@H](C)[C@@H](NO[C@H]3CC(O)C(SC(=O)c4c(C)c(C)c(O[C@@H]5O[C@@H](C)[C@H](O)[C@@H](OC)[C@H]5O)c(OC)c4OC)[C@@H](C)O3)[C@@H]2O)C[C@@H]1OC.